The number of piperidine rings is 1. The quantitative estimate of drug-likeness (QED) is 0.721. The van der Waals surface area contributed by atoms with E-state index in [-0.39, 0.29) is 18.3 Å². The summed E-state index contributed by atoms with van der Waals surface area (Å²) in [5.41, 5.74) is 1.01. The molecule has 1 amide bonds. The average molecular weight is 370 g/mol. The minimum atomic E-state index is -0.825. The Labute approximate surface area is 154 Å². The largest absolute Gasteiger partial charge is 0.389 e. The minimum absolute atomic E-state index is 0.0790. The van der Waals surface area contributed by atoms with Crippen molar-refractivity contribution in [1.82, 2.24) is 24.3 Å². The van der Waals surface area contributed by atoms with Crippen molar-refractivity contribution in [3.05, 3.63) is 54.0 Å². The van der Waals surface area contributed by atoms with Crippen LogP contribution in [0.3, 0.4) is 0 Å². The fourth-order valence-corrected chi connectivity index (χ4v) is 3.23. The Morgan fingerprint density at radius 2 is 2.11 bits per heavy atom. The Bertz CT molecular complexity index is 977. The molecule has 0 aliphatic carbocycles. The Kier molecular flexibility index (Phi) is 4.44. The lowest BCUT2D eigenvalue weighted by Gasteiger charge is -2.35. The lowest BCUT2D eigenvalue weighted by Crippen LogP contribution is -2.52. The van der Waals surface area contributed by atoms with Gasteiger partial charge in [-0.3, -0.25) is 9.20 Å². The maximum Gasteiger partial charge on any atom is 0.277 e. The molecule has 8 nitrogen and oxygen atoms in total. The minimum Gasteiger partial charge on any atom is -0.389 e. The molecule has 1 aliphatic heterocycles. The van der Waals surface area contributed by atoms with E-state index in [2.05, 4.69) is 20.3 Å². The number of amides is 1. The van der Waals surface area contributed by atoms with E-state index in [1.54, 1.807) is 30.7 Å². The van der Waals surface area contributed by atoms with Gasteiger partial charge in [0.1, 0.15) is 5.65 Å². The first kappa shape index (κ1) is 17.3. The second-order valence-corrected chi connectivity index (χ2v) is 6.62. The van der Waals surface area contributed by atoms with Gasteiger partial charge in [-0.25, -0.2) is 15.0 Å². The van der Waals surface area contributed by atoms with Gasteiger partial charge in [-0.1, -0.05) is 6.07 Å². The highest BCUT2D eigenvalue weighted by molar-refractivity contribution is 5.93. The zero-order valence-electron chi connectivity index (χ0n) is 14.7. The van der Waals surface area contributed by atoms with E-state index in [0.29, 0.717) is 24.6 Å². The van der Waals surface area contributed by atoms with Gasteiger partial charge in [0.25, 0.3) is 5.91 Å². The van der Waals surface area contributed by atoms with Crippen LogP contribution in [0.5, 0.6) is 0 Å². The van der Waals surface area contributed by atoms with E-state index in [9.17, 15) is 14.3 Å². The molecular weight excluding hydrogens is 351 g/mol. The zero-order valence-corrected chi connectivity index (χ0v) is 14.7. The number of fused-ring (bicyclic) bond motifs is 1. The highest BCUT2D eigenvalue weighted by atomic mass is 19.1. The Morgan fingerprint density at radius 3 is 2.85 bits per heavy atom. The van der Waals surface area contributed by atoms with Gasteiger partial charge in [0, 0.05) is 31.7 Å². The van der Waals surface area contributed by atoms with Crippen molar-refractivity contribution in [3.8, 4) is 0 Å². The number of aromatic nitrogens is 4. The van der Waals surface area contributed by atoms with Gasteiger partial charge in [-0.05, 0) is 31.0 Å². The SMILES string of the molecule is Cc1ccc2nc(C(=O)N3CC[C@@H](Nc4ncccn4)[C@H](O)C3)c(F)n2c1. The normalized spacial score (nSPS) is 20.0. The van der Waals surface area contributed by atoms with Crippen LogP contribution in [0, 0.1) is 12.9 Å². The van der Waals surface area contributed by atoms with Gasteiger partial charge in [-0.15, -0.1) is 0 Å². The Hall–Kier alpha value is -3.07. The van der Waals surface area contributed by atoms with E-state index in [4.69, 9.17) is 0 Å². The number of β-amino-alcohol motifs (C(OH)–C–C–N with tert-alkyl or cyclic N) is 1. The fraction of sp³-hybridized carbons (Fsp3) is 0.333. The number of hydrogen-bond donors (Lipinski definition) is 2. The number of aliphatic hydroxyl groups is 1. The molecule has 0 saturated carbocycles. The summed E-state index contributed by atoms with van der Waals surface area (Å²) in [6, 6.07) is 4.89. The third kappa shape index (κ3) is 3.33. The summed E-state index contributed by atoms with van der Waals surface area (Å²) < 4.78 is 15.9. The van der Waals surface area contributed by atoms with Gasteiger partial charge >= 0.3 is 0 Å². The number of nitrogens with zero attached hydrogens (tertiary/aromatic N) is 5. The number of hydrogen-bond acceptors (Lipinski definition) is 6. The lowest BCUT2D eigenvalue weighted by molar-refractivity contribution is 0.0417. The van der Waals surface area contributed by atoms with E-state index in [1.807, 2.05) is 13.0 Å². The van der Waals surface area contributed by atoms with Gasteiger partial charge < -0.3 is 15.3 Å². The summed E-state index contributed by atoms with van der Waals surface area (Å²) in [5, 5.41) is 13.5. The molecular formula is C18H19FN6O2. The molecule has 0 bridgehead atoms. The van der Waals surface area contributed by atoms with Gasteiger partial charge in [0.05, 0.1) is 12.1 Å². The van der Waals surface area contributed by atoms with Crippen molar-refractivity contribution in [3.63, 3.8) is 0 Å². The van der Waals surface area contributed by atoms with Crippen molar-refractivity contribution >= 4 is 17.5 Å². The van der Waals surface area contributed by atoms with E-state index < -0.39 is 18.0 Å². The number of imidazole rings is 1. The second-order valence-electron chi connectivity index (χ2n) is 6.62. The van der Waals surface area contributed by atoms with Crippen LogP contribution in [-0.4, -0.2) is 60.5 Å². The van der Waals surface area contributed by atoms with Crippen molar-refractivity contribution < 1.29 is 14.3 Å². The van der Waals surface area contributed by atoms with Crippen molar-refractivity contribution in [2.45, 2.75) is 25.5 Å². The van der Waals surface area contributed by atoms with E-state index in [1.165, 1.54) is 9.30 Å². The van der Waals surface area contributed by atoms with Crippen LogP contribution in [-0.2, 0) is 0 Å². The molecule has 4 heterocycles. The Morgan fingerprint density at radius 1 is 1.33 bits per heavy atom. The van der Waals surface area contributed by atoms with Crippen LogP contribution in [0.2, 0.25) is 0 Å². The molecule has 0 spiro atoms. The van der Waals surface area contributed by atoms with Crippen LogP contribution in [0.4, 0.5) is 10.3 Å². The molecule has 1 aliphatic rings. The van der Waals surface area contributed by atoms with Gasteiger partial charge in [0.15, 0.2) is 5.69 Å². The molecule has 1 saturated heterocycles. The maximum atomic E-state index is 14.6. The monoisotopic (exact) mass is 370 g/mol. The van der Waals surface area contributed by atoms with Crippen LogP contribution in [0.25, 0.3) is 5.65 Å². The van der Waals surface area contributed by atoms with Crippen molar-refractivity contribution in [2.75, 3.05) is 18.4 Å². The molecule has 4 rings (SSSR count). The standard InChI is InChI=1S/C18H19FN6O2/c1-11-3-4-14-23-15(16(19)25(14)9-11)17(27)24-8-5-12(13(26)10-24)22-18-20-6-2-7-21-18/h2-4,6-7,9,12-13,26H,5,8,10H2,1H3,(H,20,21,22)/t12-,13-/m1/s1. The molecule has 27 heavy (non-hydrogen) atoms. The number of anilines is 1. The fourth-order valence-electron chi connectivity index (χ4n) is 3.23. The molecule has 3 aromatic rings. The number of pyridine rings is 1. The van der Waals surface area contributed by atoms with Crippen molar-refractivity contribution in [1.29, 1.82) is 0 Å². The average Bonchev–Trinajstić information content (AvgIpc) is 3.00. The first-order chi connectivity index (χ1) is 13.0. The lowest BCUT2D eigenvalue weighted by atomic mass is 10.0. The first-order valence-electron chi connectivity index (χ1n) is 8.68. The summed E-state index contributed by atoms with van der Waals surface area (Å²) in [4.78, 5) is 26.4. The highest BCUT2D eigenvalue weighted by Crippen LogP contribution is 2.19. The van der Waals surface area contributed by atoms with Crippen LogP contribution < -0.4 is 5.32 Å². The predicted octanol–water partition coefficient (Wildman–Crippen LogP) is 1.26. The molecule has 9 heteroatoms. The third-order valence-corrected chi connectivity index (χ3v) is 4.66. The molecule has 0 radical (unpaired) electrons. The molecule has 0 aromatic carbocycles. The first-order valence-corrected chi connectivity index (χ1v) is 8.68. The third-order valence-electron chi connectivity index (χ3n) is 4.66. The van der Waals surface area contributed by atoms with E-state index >= 15 is 0 Å². The Balaban J connectivity index is 1.49. The zero-order chi connectivity index (χ0) is 19.0. The molecule has 0 unspecified atom stereocenters. The number of carbonyl (C=O) groups is 1. The summed E-state index contributed by atoms with van der Waals surface area (Å²) in [5.74, 6) is -0.795. The summed E-state index contributed by atoms with van der Waals surface area (Å²) in [6.07, 6.45) is 4.47. The smallest absolute Gasteiger partial charge is 0.277 e. The summed E-state index contributed by atoms with van der Waals surface area (Å²) in [6.45, 7) is 2.29. The molecule has 140 valence electrons. The van der Waals surface area contributed by atoms with Crippen molar-refractivity contribution in [2.24, 2.45) is 0 Å². The summed E-state index contributed by atoms with van der Waals surface area (Å²) >= 11 is 0. The number of likely N-dealkylation sites (tertiary alicyclic amines) is 1. The number of aryl methyl sites for hydroxylation is 1. The molecule has 1 fully saturated rings. The topological polar surface area (TPSA) is 95.7 Å². The number of rotatable bonds is 3. The van der Waals surface area contributed by atoms with Gasteiger partial charge in [0.2, 0.25) is 11.9 Å². The van der Waals surface area contributed by atoms with Gasteiger partial charge in [-0.2, -0.15) is 4.39 Å². The molecule has 3 aromatic heterocycles. The molecule has 2 atom stereocenters. The number of nitrogens with one attached hydrogen (secondary N) is 1. The predicted molar refractivity (Wildman–Crippen MR) is 95.9 cm³/mol. The van der Waals surface area contributed by atoms with E-state index in [0.717, 1.165) is 5.56 Å². The highest BCUT2D eigenvalue weighted by Gasteiger charge is 2.33. The number of halogens is 1. The maximum absolute atomic E-state index is 14.6. The number of carbonyl (C=O) groups excluding carboxylic acids is 1. The second kappa shape index (κ2) is 6.92. The van der Waals surface area contributed by atoms with Crippen LogP contribution in [0.15, 0.2) is 36.8 Å². The van der Waals surface area contributed by atoms with Crippen LogP contribution in [0.1, 0.15) is 22.5 Å². The molecule has 2 N–H and O–H groups in total. The summed E-state index contributed by atoms with van der Waals surface area (Å²) in [7, 11) is 0. The number of aliphatic hydroxyl groups excluding tert-OH is 1. The van der Waals surface area contributed by atoms with Crippen LogP contribution >= 0.6 is 0 Å².